The van der Waals surface area contributed by atoms with E-state index in [1.165, 1.54) is 57.8 Å². The lowest BCUT2D eigenvalue weighted by atomic mass is 9.45. The molecule has 0 radical (unpaired) electrons. The molecule has 0 N–H and O–H groups in total. The average Bonchev–Trinajstić information content (AvgIpc) is 3.14. The second-order valence-electron chi connectivity index (χ2n) is 9.85. The first-order valence-corrected chi connectivity index (χ1v) is 10.4. The minimum atomic E-state index is -0.215. The fourth-order valence-corrected chi connectivity index (χ4v) is 8.18. The van der Waals surface area contributed by atoms with Gasteiger partial charge in [-0.15, -0.1) is 0 Å². The van der Waals surface area contributed by atoms with E-state index in [4.69, 9.17) is 9.47 Å². The van der Waals surface area contributed by atoms with Crippen molar-refractivity contribution in [3.8, 4) is 0 Å². The zero-order chi connectivity index (χ0) is 15.7. The highest BCUT2D eigenvalue weighted by Gasteiger charge is 2.66. The quantitative estimate of drug-likeness (QED) is 0.614. The van der Waals surface area contributed by atoms with Crippen molar-refractivity contribution < 1.29 is 9.47 Å². The molecule has 2 heteroatoms. The Morgan fingerprint density at radius 1 is 0.739 bits per heavy atom. The minimum Gasteiger partial charge on any atom is -0.347 e. The van der Waals surface area contributed by atoms with Crippen LogP contribution in [-0.4, -0.2) is 19.0 Å². The van der Waals surface area contributed by atoms with Crippen molar-refractivity contribution in [2.75, 3.05) is 13.2 Å². The molecule has 0 aromatic rings. The molecule has 0 aromatic heterocycles. The molecule has 23 heavy (non-hydrogen) atoms. The molecule has 4 unspecified atom stereocenters. The Balaban J connectivity index is 1.47. The van der Waals surface area contributed by atoms with Gasteiger partial charge in [0, 0.05) is 11.8 Å². The summed E-state index contributed by atoms with van der Waals surface area (Å²) >= 11 is 0. The highest BCUT2D eigenvalue weighted by Crippen LogP contribution is 2.69. The van der Waals surface area contributed by atoms with E-state index in [2.05, 4.69) is 13.8 Å². The molecule has 5 rings (SSSR count). The van der Waals surface area contributed by atoms with E-state index in [1.807, 2.05) is 0 Å². The van der Waals surface area contributed by atoms with Crippen molar-refractivity contribution in [1.82, 2.24) is 0 Å². The molecule has 0 aromatic carbocycles. The Hall–Kier alpha value is -0.0800. The lowest BCUT2D eigenvalue weighted by Crippen LogP contribution is -2.56. The highest BCUT2D eigenvalue weighted by atomic mass is 16.7. The summed E-state index contributed by atoms with van der Waals surface area (Å²) in [6.45, 7) is 6.82. The van der Waals surface area contributed by atoms with Crippen LogP contribution in [0.3, 0.4) is 0 Å². The first kappa shape index (κ1) is 15.2. The highest BCUT2D eigenvalue weighted by molar-refractivity contribution is 5.12. The normalized spacial score (nSPS) is 54.5. The van der Waals surface area contributed by atoms with Crippen LogP contribution in [0.1, 0.15) is 78.1 Å². The first-order chi connectivity index (χ1) is 11.1. The van der Waals surface area contributed by atoms with Gasteiger partial charge in [-0.2, -0.15) is 0 Å². The maximum absolute atomic E-state index is 6.26. The largest absolute Gasteiger partial charge is 0.347 e. The van der Waals surface area contributed by atoms with Crippen LogP contribution in [0.2, 0.25) is 0 Å². The summed E-state index contributed by atoms with van der Waals surface area (Å²) in [5.41, 5.74) is 0.929. The van der Waals surface area contributed by atoms with Gasteiger partial charge in [0.2, 0.25) is 0 Å². The van der Waals surface area contributed by atoms with Gasteiger partial charge in [0.05, 0.1) is 13.2 Å². The summed E-state index contributed by atoms with van der Waals surface area (Å²) < 4.78 is 12.5. The molecule has 1 spiro atoms. The van der Waals surface area contributed by atoms with Crippen LogP contribution in [0.15, 0.2) is 0 Å². The van der Waals surface area contributed by atoms with E-state index in [1.54, 1.807) is 0 Å². The van der Waals surface area contributed by atoms with Crippen molar-refractivity contribution in [1.29, 1.82) is 0 Å². The molecular weight excluding hydrogens is 284 g/mol. The Labute approximate surface area is 141 Å². The Morgan fingerprint density at radius 2 is 1.52 bits per heavy atom. The van der Waals surface area contributed by atoms with E-state index in [0.29, 0.717) is 5.41 Å². The number of hydrogen-bond acceptors (Lipinski definition) is 2. The zero-order valence-corrected chi connectivity index (χ0v) is 15.1. The maximum Gasteiger partial charge on any atom is 0.174 e. The van der Waals surface area contributed by atoms with Crippen LogP contribution in [-0.2, 0) is 9.47 Å². The van der Waals surface area contributed by atoms with Gasteiger partial charge in [0.1, 0.15) is 0 Å². The third kappa shape index (κ3) is 1.83. The molecule has 130 valence electrons. The summed E-state index contributed by atoms with van der Waals surface area (Å²) in [4.78, 5) is 0. The molecule has 1 heterocycles. The van der Waals surface area contributed by atoms with E-state index >= 15 is 0 Å². The van der Waals surface area contributed by atoms with Gasteiger partial charge in [-0.05, 0) is 74.0 Å². The predicted octanol–water partition coefficient (Wildman–Crippen LogP) is 5.16. The molecule has 1 aliphatic heterocycles. The smallest absolute Gasteiger partial charge is 0.174 e. The molecule has 2 nitrogen and oxygen atoms in total. The van der Waals surface area contributed by atoms with Crippen molar-refractivity contribution in [3.63, 3.8) is 0 Å². The maximum atomic E-state index is 6.26. The summed E-state index contributed by atoms with van der Waals surface area (Å²) in [7, 11) is 0. The Bertz CT molecular complexity index is 482. The number of hydrogen-bond donors (Lipinski definition) is 0. The van der Waals surface area contributed by atoms with Gasteiger partial charge in [-0.25, -0.2) is 0 Å². The van der Waals surface area contributed by atoms with E-state index in [0.717, 1.165) is 43.3 Å². The molecule has 4 saturated carbocycles. The summed E-state index contributed by atoms with van der Waals surface area (Å²) in [6, 6.07) is 0. The van der Waals surface area contributed by atoms with Gasteiger partial charge in [0.25, 0.3) is 0 Å². The predicted molar refractivity (Wildman–Crippen MR) is 91.0 cm³/mol. The number of rotatable bonds is 0. The number of fused-ring (bicyclic) bond motifs is 6. The number of ether oxygens (including phenoxy) is 2. The first-order valence-electron chi connectivity index (χ1n) is 10.4. The van der Waals surface area contributed by atoms with Gasteiger partial charge >= 0.3 is 0 Å². The average molecular weight is 319 g/mol. The van der Waals surface area contributed by atoms with Crippen LogP contribution in [0, 0.1) is 34.5 Å². The van der Waals surface area contributed by atoms with Crippen molar-refractivity contribution in [2.45, 2.75) is 83.8 Å². The van der Waals surface area contributed by atoms with Crippen molar-refractivity contribution >= 4 is 0 Å². The van der Waals surface area contributed by atoms with Crippen LogP contribution >= 0.6 is 0 Å². The second-order valence-corrected chi connectivity index (χ2v) is 9.85. The van der Waals surface area contributed by atoms with E-state index < -0.39 is 0 Å². The van der Waals surface area contributed by atoms with Gasteiger partial charge in [-0.1, -0.05) is 26.7 Å². The third-order valence-corrected chi connectivity index (χ3v) is 9.38. The fraction of sp³-hybridized carbons (Fsp3) is 1.00. The van der Waals surface area contributed by atoms with E-state index in [-0.39, 0.29) is 11.2 Å². The van der Waals surface area contributed by atoms with Crippen LogP contribution in [0.5, 0.6) is 0 Å². The van der Waals surface area contributed by atoms with Crippen LogP contribution in [0.25, 0.3) is 0 Å². The minimum absolute atomic E-state index is 0.215. The lowest BCUT2D eigenvalue weighted by Gasteiger charge is -2.61. The van der Waals surface area contributed by atoms with Gasteiger partial charge in [0.15, 0.2) is 5.79 Å². The zero-order valence-electron chi connectivity index (χ0n) is 15.1. The molecule has 0 bridgehead atoms. The summed E-state index contributed by atoms with van der Waals surface area (Å²) in [5.74, 6) is 3.58. The molecule has 0 amide bonds. The molecule has 5 fully saturated rings. The van der Waals surface area contributed by atoms with Gasteiger partial charge in [-0.3, -0.25) is 0 Å². The summed E-state index contributed by atoms with van der Waals surface area (Å²) in [6.07, 6.45) is 14.2. The topological polar surface area (TPSA) is 18.5 Å². The van der Waals surface area contributed by atoms with Crippen LogP contribution < -0.4 is 0 Å². The summed E-state index contributed by atoms with van der Waals surface area (Å²) in [5, 5.41) is 0. The second kappa shape index (κ2) is 4.97. The SMILES string of the molecule is CC12CCCC[C@@H]1CCC1C2CCC2(C)[C@@H]1CCC21OCCO1. The molecular formula is C21H34O2. The van der Waals surface area contributed by atoms with Crippen LogP contribution in [0.4, 0.5) is 0 Å². The monoisotopic (exact) mass is 318 g/mol. The standard InChI is InChI=1S/C21H34O2/c1-19-10-4-3-5-15(19)6-7-16-17(19)8-11-20(2)18(16)9-12-21(20)22-13-14-23-21/h15-18H,3-14H2,1-2H3/t15-,16?,17?,18-,19?,20?/m1/s1. The molecule has 6 atom stereocenters. The Kier molecular flexibility index (Phi) is 3.29. The molecule has 1 saturated heterocycles. The van der Waals surface area contributed by atoms with Crippen molar-refractivity contribution in [2.24, 2.45) is 34.5 Å². The van der Waals surface area contributed by atoms with Gasteiger partial charge < -0.3 is 9.47 Å². The molecule has 4 aliphatic carbocycles. The fourth-order valence-electron chi connectivity index (χ4n) is 8.18. The Morgan fingerprint density at radius 3 is 2.35 bits per heavy atom. The van der Waals surface area contributed by atoms with E-state index in [9.17, 15) is 0 Å². The molecule has 5 aliphatic rings. The third-order valence-electron chi connectivity index (χ3n) is 9.38. The lowest BCUT2D eigenvalue weighted by molar-refractivity contribution is -0.247. The van der Waals surface area contributed by atoms with Crippen molar-refractivity contribution in [3.05, 3.63) is 0 Å².